The van der Waals surface area contributed by atoms with Gasteiger partial charge in [0, 0.05) is 13.7 Å². The predicted octanol–water partition coefficient (Wildman–Crippen LogP) is 5.27. The molecule has 0 aliphatic rings. The minimum atomic E-state index is -1.84. The highest BCUT2D eigenvalue weighted by Gasteiger charge is 2.28. The van der Waals surface area contributed by atoms with Crippen molar-refractivity contribution in [2.45, 2.75) is 84.2 Å². The van der Waals surface area contributed by atoms with Crippen LogP contribution in [-0.2, 0) is 8.85 Å². The normalized spacial score (nSPS) is 14.7. The van der Waals surface area contributed by atoms with Crippen LogP contribution in [0.25, 0.3) is 0 Å². The highest BCUT2D eigenvalue weighted by Crippen LogP contribution is 2.18. The standard InChI is InChI=1S/C15H34O2Si/c1-5-7-9-11-12-14-17-18(4,16-3)15-13-10-8-6-2/h5-15H2,1-4H3. The van der Waals surface area contributed by atoms with Crippen LogP contribution in [0.5, 0.6) is 0 Å². The molecule has 0 rings (SSSR count). The van der Waals surface area contributed by atoms with Crippen LogP contribution in [0.2, 0.25) is 12.6 Å². The molecule has 1 atom stereocenters. The highest BCUT2D eigenvalue weighted by atomic mass is 28.4. The van der Waals surface area contributed by atoms with E-state index >= 15 is 0 Å². The van der Waals surface area contributed by atoms with Crippen LogP contribution < -0.4 is 0 Å². The lowest BCUT2D eigenvalue weighted by molar-refractivity contribution is 0.198. The van der Waals surface area contributed by atoms with Crippen LogP contribution in [0.3, 0.4) is 0 Å². The highest BCUT2D eigenvalue weighted by molar-refractivity contribution is 6.65. The van der Waals surface area contributed by atoms with Gasteiger partial charge in [0.25, 0.3) is 0 Å². The van der Waals surface area contributed by atoms with Crippen LogP contribution in [0.4, 0.5) is 0 Å². The number of hydrogen-bond donors (Lipinski definition) is 0. The Morgan fingerprint density at radius 2 is 1.33 bits per heavy atom. The molecule has 1 unspecified atom stereocenters. The molecule has 0 fully saturated rings. The van der Waals surface area contributed by atoms with Crippen molar-refractivity contribution < 1.29 is 8.85 Å². The van der Waals surface area contributed by atoms with Crippen molar-refractivity contribution in [1.82, 2.24) is 0 Å². The smallest absolute Gasteiger partial charge is 0.334 e. The van der Waals surface area contributed by atoms with Crippen LogP contribution in [0.15, 0.2) is 0 Å². The van der Waals surface area contributed by atoms with Crippen molar-refractivity contribution in [3.63, 3.8) is 0 Å². The van der Waals surface area contributed by atoms with Gasteiger partial charge in [0.1, 0.15) is 0 Å². The molecular weight excluding hydrogens is 240 g/mol. The number of hydrogen-bond acceptors (Lipinski definition) is 2. The first-order valence-corrected chi connectivity index (χ1v) is 10.4. The molecule has 2 nitrogen and oxygen atoms in total. The van der Waals surface area contributed by atoms with Crippen molar-refractivity contribution in [2.24, 2.45) is 0 Å². The van der Waals surface area contributed by atoms with Crippen LogP contribution in [0, 0.1) is 0 Å². The molecule has 0 heterocycles. The second-order valence-corrected chi connectivity index (χ2v) is 8.88. The number of unbranched alkanes of at least 4 members (excludes halogenated alkanes) is 7. The maximum Gasteiger partial charge on any atom is 0.334 e. The molecule has 0 aromatic rings. The molecule has 3 heteroatoms. The zero-order valence-electron chi connectivity index (χ0n) is 13.1. The number of rotatable bonds is 13. The molecule has 0 bridgehead atoms. The van der Waals surface area contributed by atoms with Gasteiger partial charge in [-0.3, -0.25) is 0 Å². The second-order valence-electron chi connectivity index (χ2n) is 5.41. The third-order valence-electron chi connectivity index (χ3n) is 3.57. The van der Waals surface area contributed by atoms with E-state index in [1.165, 1.54) is 57.8 Å². The maximum atomic E-state index is 6.06. The first kappa shape index (κ1) is 18.1. The molecule has 0 saturated carbocycles. The van der Waals surface area contributed by atoms with Gasteiger partial charge in [0.05, 0.1) is 0 Å². The summed E-state index contributed by atoms with van der Waals surface area (Å²) in [6.07, 6.45) is 11.7. The third-order valence-corrected chi connectivity index (χ3v) is 6.51. The molecule has 0 radical (unpaired) electrons. The lowest BCUT2D eigenvalue weighted by atomic mass is 10.2. The lowest BCUT2D eigenvalue weighted by Gasteiger charge is -2.25. The molecule has 0 saturated heterocycles. The Morgan fingerprint density at radius 1 is 0.778 bits per heavy atom. The molecule has 0 aromatic heterocycles. The topological polar surface area (TPSA) is 18.5 Å². The van der Waals surface area contributed by atoms with Crippen molar-refractivity contribution in [3.05, 3.63) is 0 Å². The van der Waals surface area contributed by atoms with Gasteiger partial charge in [-0.05, 0) is 19.0 Å². The SMILES string of the molecule is CCCCCCCO[Si](C)(CCCCCC)OC. The zero-order chi connectivity index (χ0) is 13.7. The summed E-state index contributed by atoms with van der Waals surface area (Å²) in [5.41, 5.74) is 0. The van der Waals surface area contributed by atoms with E-state index in [4.69, 9.17) is 8.85 Å². The third kappa shape index (κ3) is 10.1. The van der Waals surface area contributed by atoms with Gasteiger partial charge in [-0.1, -0.05) is 65.2 Å². The Bertz CT molecular complexity index is 176. The Hall–Kier alpha value is 0.137. The second kappa shape index (κ2) is 12.2. The van der Waals surface area contributed by atoms with E-state index in [1.807, 2.05) is 7.11 Å². The summed E-state index contributed by atoms with van der Waals surface area (Å²) < 4.78 is 11.7. The van der Waals surface area contributed by atoms with Gasteiger partial charge in [-0.2, -0.15) is 0 Å². The van der Waals surface area contributed by atoms with Gasteiger partial charge in [-0.25, -0.2) is 0 Å². The quantitative estimate of drug-likeness (QED) is 0.336. The van der Waals surface area contributed by atoms with E-state index in [0.29, 0.717) is 0 Å². The molecule has 0 aromatic carbocycles. The molecule has 18 heavy (non-hydrogen) atoms. The van der Waals surface area contributed by atoms with E-state index in [0.717, 1.165) is 12.7 Å². The summed E-state index contributed by atoms with van der Waals surface area (Å²) in [5, 5.41) is 0. The summed E-state index contributed by atoms with van der Waals surface area (Å²) in [7, 11) is -0.0193. The Kier molecular flexibility index (Phi) is 12.3. The van der Waals surface area contributed by atoms with Crippen LogP contribution in [0.1, 0.15) is 71.6 Å². The monoisotopic (exact) mass is 274 g/mol. The van der Waals surface area contributed by atoms with Crippen molar-refractivity contribution in [2.75, 3.05) is 13.7 Å². The maximum absolute atomic E-state index is 6.06. The Morgan fingerprint density at radius 3 is 1.89 bits per heavy atom. The van der Waals surface area contributed by atoms with Crippen LogP contribution >= 0.6 is 0 Å². The summed E-state index contributed by atoms with van der Waals surface area (Å²) >= 11 is 0. The van der Waals surface area contributed by atoms with Crippen molar-refractivity contribution in [3.8, 4) is 0 Å². The molecule has 0 aliphatic carbocycles. The van der Waals surface area contributed by atoms with Crippen molar-refractivity contribution in [1.29, 1.82) is 0 Å². The van der Waals surface area contributed by atoms with E-state index < -0.39 is 8.56 Å². The fourth-order valence-corrected chi connectivity index (χ4v) is 4.03. The first-order chi connectivity index (χ1) is 8.68. The van der Waals surface area contributed by atoms with E-state index in [-0.39, 0.29) is 0 Å². The van der Waals surface area contributed by atoms with Gasteiger partial charge in [0.2, 0.25) is 0 Å². The van der Waals surface area contributed by atoms with Gasteiger partial charge in [0.15, 0.2) is 0 Å². The van der Waals surface area contributed by atoms with Crippen molar-refractivity contribution >= 4 is 8.56 Å². The van der Waals surface area contributed by atoms with Gasteiger partial charge < -0.3 is 8.85 Å². The average Bonchev–Trinajstić information content (AvgIpc) is 2.39. The minimum absolute atomic E-state index is 0.897. The van der Waals surface area contributed by atoms with Crippen LogP contribution in [-0.4, -0.2) is 22.3 Å². The van der Waals surface area contributed by atoms with Gasteiger partial charge >= 0.3 is 8.56 Å². The largest absolute Gasteiger partial charge is 0.398 e. The molecule has 0 N–H and O–H groups in total. The van der Waals surface area contributed by atoms with E-state index in [9.17, 15) is 0 Å². The first-order valence-electron chi connectivity index (χ1n) is 7.87. The lowest BCUT2D eigenvalue weighted by Crippen LogP contribution is -2.37. The van der Waals surface area contributed by atoms with E-state index in [1.54, 1.807) is 0 Å². The minimum Gasteiger partial charge on any atom is -0.398 e. The molecule has 0 amide bonds. The average molecular weight is 275 g/mol. The van der Waals surface area contributed by atoms with E-state index in [2.05, 4.69) is 20.4 Å². The zero-order valence-corrected chi connectivity index (χ0v) is 14.1. The molecule has 0 spiro atoms. The summed E-state index contributed by atoms with van der Waals surface area (Å²) in [4.78, 5) is 0. The molecule has 0 aliphatic heterocycles. The summed E-state index contributed by atoms with van der Waals surface area (Å²) in [6.45, 7) is 7.61. The Labute approximate surface area is 116 Å². The summed E-state index contributed by atoms with van der Waals surface area (Å²) in [6, 6.07) is 1.15. The predicted molar refractivity (Wildman–Crippen MR) is 82.3 cm³/mol. The molecule has 110 valence electrons. The summed E-state index contributed by atoms with van der Waals surface area (Å²) in [5.74, 6) is 0. The fourth-order valence-electron chi connectivity index (χ4n) is 2.10. The fraction of sp³-hybridized carbons (Fsp3) is 1.00. The molecular formula is C15H34O2Si. The van der Waals surface area contributed by atoms with Gasteiger partial charge in [-0.15, -0.1) is 0 Å². The Balaban J connectivity index is 3.58.